The van der Waals surface area contributed by atoms with Gasteiger partial charge in [-0.1, -0.05) is 5.16 Å². The Kier molecular flexibility index (Phi) is 3.86. The molecule has 1 amide bonds. The van der Waals surface area contributed by atoms with Crippen LogP contribution in [-0.2, 0) is 0 Å². The van der Waals surface area contributed by atoms with E-state index < -0.39 is 17.8 Å². The van der Waals surface area contributed by atoms with Crippen molar-refractivity contribution < 1.29 is 19.5 Å². The molecule has 1 unspecified atom stereocenters. The molecule has 0 radical (unpaired) electrons. The van der Waals surface area contributed by atoms with Crippen LogP contribution in [0.25, 0.3) is 0 Å². The number of amidine groups is 1. The topological polar surface area (TPSA) is 108 Å². The molecule has 0 aliphatic heterocycles. The number of carbonyl (C=O) groups is 1. The van der Waals surface area contributed by atoms with Crippen LogP contribution in [0.3, 0.4) is 0 Å². The summed E-state index contributed by atoms with van der Waals surface area (Å²) in [6.07, 6.45) is 0. The minimum atomic E-state index is -0.853. The van der Waals surface area contributed by atoms with Gasteiger partial charge < -0.3 is 21.4 Å². The molecule has 0 bridgehead atoms. The van der Waals surface area contributed by atoms with Crippen LogP contribution in [0, 0.1) is 5.82 Å². The Morgan fingerprint density at radius 3 is 2.76 bits per heavy atom. The normalized spacial score (nSPS) is 13.2. The molecule has 0 aliphatic carbocycles. The Morgan fingerprint density at radius 2 is 2.24 bits per heavy atom. The third-order valence-electron chi connectivity index (χ3n) is 2.10. The van der Waals surface area contributed by atoms with Crippen molar-refractivity contribution in [2.45, 2.75) is 13.0 Å². The summed E-state index contributed by atoms with van der Waals surface area (Å²) in [4.78, 5) is 11.6. The van der Waals surface area contributed by atoms with Gasteiger partial charge in [0.05, 0.1) is 11.6 Å². The average molecular weight is 241 g/mol. The number of oxime groups is 1. The Bertz CT molecular complexity index is 462. The fourth-order valence-corrected chi connectivity index (χ4v) is 1.12. The summed E-state index contributed by atoms with van der Waals surface area (Å²) in [6.45, 7) is 1.48. The summed E-state index contributed by atoms with van der Waals surface area (Å²) in [5, 5.41) is 22.4. The first-order valence-electron chi connectivity index (χ1n) is 4.72. The summed E-state index contributed by atoms with van der Waals surface area (Å²) in [5.74, 6) is -2.04. The van der Waals surface area contributed by atoms with E-state index in [-0.39, 0.29) is 17.1 Å². The number of nitrogens with two attached hydrogens (primary N) is 1. The van der Waals surface area contributed by atoms with E-state index >= 15 is 0 Å². The summed E-state index contributed by atoms with van der Waals surface area (Å²) in [7, 11) is 0. The van der Waals surface area contributed by atoms with Crippen molar-refractivity contribution in [2.24, 2.45) is 10.9 Å². The van der Waals surface area contributed by atoms with Crippen LogP contribution in [0.1, 0.15) is 17.3 Å². The van der Waals surface area contributed by atoms with Crippen LogP contribution in [-0.4, -0.2) is 28.1 Å². The van der Waals surface area contributed by atoms with E-state index in [2.05, 4.69) is 10.5 Å². The first kappa shape index (κ1) is 12.8. The van der Waals surface area contributed by atoms with Crippen molar-refractivity contribution in [3.8, 4) is 5.75 Å². The molecule has 6 nitrogen and oxygen atoms in total. The second-order valence-electron chi connectivity index (χ2n) is 3.38. The lowest BCUT2D eigenvalue weighted by Gasteiger charge is -2.12. The second-order valence-corrected chi connectivity index (χ2v) is 3.38. The van der Waals surface area contributed by atoms with Gasteiger partial charge >= 0.3 is 0 Å². The SMILES string of the molecule is CC(NC(=O)c1ccc(O)cc1F)/C(N)=N/O. The van der Waals surface area contributed by atoms with Gasteiger partial charge in [-0.3, -0.25) is 4.79 Å². The van der Waals surface area contributed by atoms with E-state index in [1.54, 1.807) is 0 Å². The number of amides is 1. The van der Waals surface area contributed by atoms with Crippen molar-refractivity contribution in [3.63, 3.8) is 0 Å². The van der Waals surface area contributed by atoms with Crippen LogP contribution in [0.15, 0.2) is 23.4 Å². The number of hydrogen-bond acceptors (Lipinski definition) is 4. The highest BCUT2D eigenvalue weighted by Crippen LogP contribution is 2.14. The fourth-order valence-electron chi connectivity index (χ4n) is 1.12. The fraction of sp³-hybridized carbons (Fsp3) is 0.200. The second kappa shape index (κ2) is 5.15. The molecular formula is C10H12FN3O3. The van der Waals surface area contributed by atoms with Gasteiger partial charge in [0.15, 0.2) is 5.84 Å². The van der Waals surface area contributed by atoms with Gasteiger partial charge in [0.2, 0.25) is 0 Å². The Morgan fingerprint density at radius 1 is 1.59 bits per heavy atom. The summed E-state index contributed by atoms with van der Waals surface area (Å²) < 4.78 is 13.3. The smallest absolute Gasteiger partial charge is 0.254 e. The number of phenols is 1. The molecule has 7 heteroatoms. The van der Waals surface area contributed by atoms with Crippen LogP contribution < -0.4 is 11.1 Å². The predicted molar refractivity (Wildman–Crippen MR) is 58.4 cm³/mol. The van der Waals surface area contributed by atoms with Crippen molar-refractivity contribution in [2.75, 3.05) is 0 Å². The molecule has 1 rings (SSSR count). The predicted octanol–water partition coefficient (Wildman–Crippen LogP) is 0.396. The molecule has 0 saturated carbocycles. The van der Waals surface area contributed by atoms with Crippen molar-refractivity contribution in [1.29, 1.82) is 0 Å². The lowest BCUT2D eigenvalue weighted by atomic mass is 10.1. The molecule has 0 spiro atoms. The number of carbonyl (C=O) groups excluding carboxylic acids is 1. The standard InChI is InChI=1S/C10H12FN3O3/c1-5(9(12)14-17)13-10(16)7-3-2-6(15)4-8(7)11/h2-5,15,17H,1H3,(H2,12,14)(H,13,16). The van der Waals surface area contributed by atoms with Gasteiger partial charge in [0.25, 0.3) is 5.91 Å². The van der Waals surface area contributed by atoms with Gasteiger partial charge in [-0.2, -0.15) is 0 Å². The number of nitrogens with one attached hydrogen (secondary N) is 1. The van der Waals surface area contributed by atoms with Crippen LogP contribution in [0.4, 0.5) is 4.39 Å². The molecule has 17 heavy (non-hydrogen) atoms. The largest absolute Gasteiger partial charge is 0.508 e. The molecule has 0 heterocycles. The molecule has 0 fully saturated rings. The maximum atomic E-state index is 13.3. The number of benzene rings is 1. The average Bonchev–Trinajstić information content (AvgIpc) is 2.27. The lowest BCUT2D eigenvalue weighted by Crippen LogP contribution is -2.42. The summed E-state index contributed by atoms with van der Waals surface area (Å²) in [5.41, 5.74) is 5.02. The van der Waals surface area contributed by atoms with Crippen molar-refractivity contribution in [1.82, 2.24) is 5.32 Å². The first-order chi connectivity index (χ1) is 7.95. The first-order valence-corrected chi connectivity index (χ1v) is 4.72. The van der Waals surface area contributed by atoms with Gasteiger partial charge in [0, 0.05) is 6.07 Å². The molecule has 0 aliphatic rings. The van der Waals surface area contributed by atoms with Gasteiger partial charge in [-0.05, 0) is 19.1 Å². The summed E-state index contributed by atoms with van der Waals surface area (Å²) >= 11 is 0. The molecule has 1 aromatic rings. The number of phenolic OH excluding ortho intramolecular Hbond substituents is 1. The molecule has 92 valence electrons. The number of hydrogen-bond donors (Lipinski definition) is 4. The summed E-state index contributed by atoms with van der Waals surface area (Å²) in [6, 6.07) is 2.41. The molecular weight excluding hydrogens is 229 g/mol. The highest BCUT2D eigenvalue weighted by molar-refractivity contribution is 5.98. The zero-order valence-corrected chi connectivity index (χ0v) is 9.01. The Labute approximate surface area is 96.5 Å². The van der Waals surface area contributed by atoms with E-state index in [0.717, 1.165) is 12.1 Å². The molecule has 1 aromatic carbocycles. The Hall–Kier alpha value is -2.31. The maximum Gasteiger partial charge on any atom is 0.254 e. The van der Waals surface area contributed by atoms with Gasteiger partial charge in [0.1, 0.15) is 11.6 Å². The van der Waals surface area contributed by atoms with E-state index in [0.29, 0.717) is 0 Å². The number of aromatic hydroxyl groups is 1. The van der Waals surface area contributed by atoms with Gasteiger partial charge in [-0.15, -0.1) is 0 Å². The van der Waals surface area contributed by atoms with Crippen LogP contribution in [0.2, 0.25) is 0 Å². The van der Waals surface area contributed by atoms with Crippen molar-refractivity contribution >= 4 is 11.7 Å². The van der Waals surface area contributed by atoms with Gasteiger partial charge in [-0.25, -0.2) is 4.39 Å². The molecule has 0 aromatic heterocycles. The zero-order chi connectivity index (χ0) is 13.0. The highest BCUT2D eigenvalue weighted by Gasteiger charge is 2.16. The zero-order valence-electron chi connectivity index (χ0n) is 9.01. The maximum absolute atomic E-state index is 13.3. The third-order valence-corrected chi connectivity index (χ3v) is 2.10. The molecule has 1 atom stereocenters. The van der Waals surface area contributed by atoms with Crippen LogP contribution >= 0.6 is 0 Å². The Balaban J connectivity index is 2.84. The minimum Gasteiger partial charge on any atom is -0.508 e. The van der Waals surface area contributed by atoms with E-state index in [4.69, 9.17) is 16.0 Å². The van der Waals surface area contributed by atoms with E-state index in [9.17, 15) is 9.18 Å². The number of rotatable bonds is 3. The highest BCUT2D eigenvalue weighted by atomic mass is 19.1. The van der Waals surface area contributed by atoms with Crippen molar-refractivity contribution in [3.05, 3.63) is 29.6 Å². The molecule has 0 saturated heterocycles. The lowest BCUT2D eigenvalue weighted by molar-refractivity contribution is 0.0944. The van der Waals surface area contributed by atoms with E-state index in [1.807, 2.05) is 0 Å². The minimum absolute atomic E-state index is 0.197. The monoisotopic (exact) mass is 241 g/mol. The quantitative estimate of drug-likeness (QED) is 0.266. The number of nitrogens with zero attached hydrogens (tertiary/aromatic N) is 1. The third kappa shape index (κ3) is 3.07. The molecule has 5 N–H and O–H groups in total. The van der Waals surface area contributed by atoms with E-state index in [1.165, 1.54) is 13.0 Å². The number of halogens is 1. The van der Waals surface area contributed by atoms with Crippen LogP contribution in [0.5, 0.6) is 5.75 Å².